The SMILES string of the molecule is NCC1(C(=O)c2ccc(O)cc2)CCCC1. The monoisotopic (exact) mass is 219 g/mol. The van der Waals surface area contributed by atoms with Crippen molar-refractivity contribution in [2.75, 3.05) is 6.54 Å². The van der Waals surface area contributed by atoms with Gasteiger partial charge in [-0.2, -0.15) is 0 Å². The summed E-state index contributed by atoms with van der Waals surface area (Å²) in [6.45, 7) is 0.423. The molecule has 0 heterocycles. The molecule has 1 aromatic rings. The van der Waals surface area contributed by atoms with E-state index in [0.29, 0.717) is 12.1 Å². The van der Waals surface area contributed by atoms with Gasteiger partial charge in [-0.1, -0.05) is 12.8 Å². The van der Waals surface area contributed by atoms with E-state index in [1.54, 1.807) is 24.3 Å². The highest BCUT2D eigenvalue weighted by molar-refractivity contribution is 6.01. The third-order valence-corrected chi connectivity index (χ3v) is 3.56. The first-order valence-electron chi connectivity index (χ1n) is 5.72. The van der Waals surface area contributed by atoms with E-state index in [0.717, 1.165) is 25.7 Å². The highest BCUT2D eigenvalue weighted by atomic mass is 16.3. The van der Waals surface area contributed by atoms with E-state index in [4.69, 9.17) is 5.73 Å². The average molecular weight is 219 g/mol. The largest absolute Gasteiger partial charge is 0.508 e. The van der Waals surface area contributed by atoms with Crippen molar-refractivity contribution in [1.82, 2.24) is 0 Å². The lowest BCUT2D eigenvalue weighted by molar-refractivity contribution is 0.0810. The number of carbonyl (C=O) groups is 1. The van der Waals surface area contributed by atoms with Crippen LogP contribution in [0, 0.1) is 5.41 Å². The van der Waals surface area contributed by atoms with Gasteiger partial charge < -0.3 is 10.8 Å². The topological polar surface area (TPSA) is 63.3 Å². The Kier molecular flexibility index (Phi) is 2.97. The van der Waals surface area contributed by atoms with Crippen LogP contribution in [-0.4, -0.2) is 17.4 Å². The lowest BCUT2D eigenvalue weighted by Gasteiger charge is -2.25. The molecule has 1 aromatic carbocycles. The van der Waals surface area contributed by atoms with Gasteiger partial charge in [0.1, 0.15) is 5.75 Å². The molecule has 1 aliphatic carbocycles. The quantitative estimate of drug-likeness (QED) is 0.765. The maximum atomic E-state index is 12.3. The van der Waals surface area contributed by atoms with Crippen LogP contribution in [0.4, 0.5) is 0 Å². The molecule has 3 N–H and O–H groups in total. The van der Waals surface area contributed by atoms with Gasteiger partial charge in [0.2, 0.25) is 0 Å². The molecule has 0 amide bonds. The average Bonchev–Trinajstić information content (AvgIpc) is 2.79. The van der Waals surface area contributed by atoms with Gasteiger partial charge in [0.25, 0.3) is 0 Å². The highest BCUT2D eigenvalue weighted by Crippen LogP contribution is 2.40. The predicted molar refractivity (Wildman–Crippen MR) is 62.4 cm³/mol. The van der Waals surface area contributed by atoms with E-state index < -0.39 is 0 Å². The molecule has 86 valence electrons. The molecule has 0 bridgehead atoms. The Morgan fingerprint density at radius 1 is 1.25 bits per heavy atom. The normalized spacial score (nSPS) is 18.6. The van der Waals surface area contributed by atoms with Gasteiger partial charge in [-0.25, -0.2) is 0 Å². The molecule has 1 saturated carbocycles. The molecule has 0 saturated heterocycles. The van der Waals surface area contributed by atoms with Crippen molar-refractivity contribution in [3.63, 3.8) is 0 Å². The maximum absolute atomic E-state index is 12.3. The van der Waals surface area contributed by atoms with Crippen LogP contribution in [0.15, 0.2) is 24.3 Å². The molecule has 1 fully saturated rings. The van der Waals surface area contributed by atoms with Gasteiger partial charge in [-0.3, -0.25) is 4.79 Å². The summed E-state index contributed by atoms with van der Waals surface area (Å²) in [4.78, 5) is 12.3. The third kappa shape index (κ3) is 1.83. The van der Waals surface area contributed by atoms with Crippen molar-refractivity contribution in [2.24, 2.45) is 11.1 Å². The summed E-state index contributed by atoms with van der Waals surface area (Å²) < 4.78 is 0. The Morgan fingerprint density at radius 3 is 2.31 bits per heavy atom. The zero-order valence-electron chi connectivity index (χ0n) is 9.28. The lowest BCUT2D eigenvalue weighted by Crippen LogP contribution is -2.36. The van der Waals surface area contributed by atoms with Crippen molar-refractivity contribution in [3.05, 3.63) is 29.8 Å². The standard InChI is InChI=1S/C13H17NO2/c14-9-13(7-1-2-8-13)12(16)10-3-5-11(15)6-4-10/h3-6,15H,1-2,7-9,14H2. The minimum Gasteiger partial charge on any atom is -0.508 e. The molecule has 0 aromatic heterocycles. The molecule has 2 rings (SSSR count). The zero-order valence-corrected chi connectivity index (χ0v) is 9.28. The van der Waals surface area contributed by atoms with Crippen LogP contribution in [0.3, 0.4) is 0 Å². The third-order valence-electron chi connectivity index (χ3n) is 3.56. The number of Topliss-reactive ketones (excluding diaryl/α,β-unsaturated/α-hetero) is 1. The second kappa shape index (κ2) is 4.26. The Hall–Kier alpha value is -1.35. The summed E-state index contributed by atoms with van der Waals surface area (Å²) in [5.41, 5.74) is 6.07. The van der Waals surface area contributed by atoms with Crippen molar-refractivity contribution in [2.45, 2.75) is 25.7 Å². The first kappa shape index (κ1) is 11.1. The molecule has 0 atom stereocenters. The van der Waals surface area contributed by atoms with Gasteiger partial charge in [-0.15, -0.1) is 0 Å². The molecule has 0 spiro atoms. The first-order chi connectivity index (χ1) is 7.68. The smallest absolute Gasteiger partial charge is 0.170 e. The highest BCUT2D eigenvalue weighted by Gasteiger charge is 2.39. The molecule has 1 aliphatic rings. The number of phenolic OH excluding ortho intramolecular Hbond substituents is 1. The second-order valence-electron chi connectivity index (χ2n) is 4.57. The number of phenols is 1. The van der Waals surface area contributed by atoms with Crippen LogP contribution in [0.1, 0.15) is 36.0 Å². The molecular formula is C13H17NO2. The van der Waals surface area contributed by atoms with Gasteiger partial charge in [0.15, 0.2) is 5.78 Å². The summed E-state index contributed by atoms with van der Waals surface area (Å²) in [7, 11) is 0. The maximum Gasteiger partial charge on any atom is 0.170 e. The number of aromatic hydroxyl groups is 1. The number of nitrogens with two attached hydrogens (primary N) is 1. The number of carbonyl (C=O) groups excluding carboxylic acids is 1. The summed E-state index contributed by atoms with van der Waals surface area (Å²) in [6, 6.07) is 6.44. The van der Waals surface area contributed by atoms with Gasteiger partial charge in [-0.05, 0) is 37.1 Å². The Balaban J connectivity index is 2.26. The van der Waals surface area contributed by atoms with Gasteiger partial charge in [0.05, 0.1) is 0 Å². The molecule has 3 nitrogen and oxygen atoms in total. The number of ketones is 1. The van der Waals surface area contributed by atoms with E-state index >= 15 is 0 Å². The van der Waals surface area contributed by atoms with Gasteiger partial charge >= 0.3 is 0 Å². The fraction of sp³-hybridized carbons (Fsp3) is 0.462. The van der Waals surface area contributed by atoms with Crippen LogP contribution in [0.2, 0.25) is 0 Å². The number of rotatable bonds is 3. The van der Waals surface area contributed by atoms with Crippen LogP contribution in [0.5, 0.6) is 5.75 Å². The van der Waals surface area contributed by atoms with Crippen molar-refractivity contribution < 1.29 is 9.90 Å². The fourth-order valence-corrected chi connectivity index (χ4v) is 2.49. The molecule has 0 unspecified atom stereocenters. The minimum atomic E-state index is -0.350. The van der Waals surface area contributed by atoms with Crippen LogP contribution in [0.25, 0.3) is 0 Å². The van der Waals surface area contributed by atoms with Crippen molar-refractivity contribution >= 4 is 5.78 Å². The Morgan fingerprint density at radius 2 is 1.81 bits per heavy atom. The molecule has 3 heteroatoms. The van der Waals surface area contributed by atoms with Crippen LogP contribution < -0.4 is 5.73 Å². The van der Waals surface area contributed by atoms with E-state index in [-0.39, 0.29) is 16.9 Å². The molecule has 0 radical (unpaired) electrons. The van der Waals surface area contributed by atoms with E-state index in [1.165, 1.54) is 0 Å². The summed E-state index contributed by atoms with van der Waals surface area (Å²) in [5, 5.41) is 9.19. The summed E-state index contributed by atoms with van der Waals surface area (Å²) in [6.07, 6.45) is 3.95. The van der Waals surface area contributed by atoms with Crippen molar-refractivity contribution in [1.29, 1.82) is 0 Å². The number of benzene rings is 1. The van der Waals surface area contributed by atoms with Crippen LogP contribution >= 0.6 is 0 Å². The molecular weight excluding hydrogens is 202 g/mol. The number of hydrogen-bond donors (Lipinski definition) is 2. The van der Waals surface area contributed by atoms with E-state index in [1.807, 2.05) is 0 Å². The molecule has 16 heavy (non-hydrogen) atoms. The summed E-state index contributed by atoms with van der Waals surface area (Å²) >= 11 is 0. The van der Waals surface area contributed by atoms with E-state index in [9.17, 15) is 9.90 Å². The summed E-state index contributed by atoms with van der Waals surface area (Å²) in [5.74, 6) is 0.317. The van der Waals surface area contributed by atoms with E-state index in [2.05, 4.69) is 0 Å². The van der Waals surface area contributed by atoms with Gasteiger partial charge in [0, 0.05) is 17.5 Å². The van der Waals surface area contributed by atoms with Crippen LogP contribution in [-0.2, 0) is 0 Å². The second-order valence-corrected chi connectivity index (χ2v) is 4.57. The van der Waals surface area contributed by atoms with Crippen molar-refractivity contribution in [3.8, 4) is 5.75 Å². The molecule has 0 aliphatic heterocycles. The minimum absolute atomic E-state index is 0.132. The zero-order chi connectivity index (χ0) is 11.6. The first-order valence-corrected chi connectivity index (χ1v) is 5.72. The number of hydrogen-bond acceptors (Lipinski definition) is 3. The Bertz CT molecular complexity index is 377. The Labute approximate surface area is 95.3 Å². The fourth-order valence-electron chi connectivity index (χ4n) is 2.49. The lowest BCUT2D eigenvalue weighted by atomic mass is 9.79. The predicted octanol–water partition coefficient (Wildman–Crippen LogP) is 2.09.